The van der Waals surface area contributed by atoms with Crippen LogP contribution in [0, 0.1) is 6.92 Å². The summed E-state index contributed by atoms with van der Waals surface area (Å²) in [6, 6.07) is 10.2. The summed E-state index contributed by atoms with van der Waals surface area (Å²) in [5.74, 6) is 0.883. The first-order chi connectivity index (χ1) is 11.0. The van der Waals surface area contributed by atoms with Gasteiger partial charge in [-0.1, -0.05) is 12.1 Å². The molecule has 1 aromatic heterocycles. The van der Waals surface area contributed by atoms with Crippen LogP contribution in [0.1, 0.15) is 29.0 Å². The summed E-state index contributed by atoms with van der Waals surface area (Å²) < 4.78 is 5.17. The van der Waals surface area contributed by atoms with Crippen molar-refractivity contribution in [3.8, 4) is 5.75 Å². The number of nitrogens with zero attached hydrogens (tertiary/aromatic N) is 1. The number of methoxy groups -OCH3 is 1. The number of aryl methyl sites for hydroxylation is 1. The average Bonchev–Trinajstić information content (AvgIpc) is 2.97. The Bertz CT molecular complexity index is 637. The summed E-state index contributed by atoms with van der Waals surface area (Å²) in [7, 11) is 3.62. The molecule has 0 aliphatic rings. The zero-order chi connectivity index (χ0) is 16.8. The van der Waals surface area contributed by atoms with Crippen molar-refractivity contribution in [2.24, 2.45) is 0 Å². The zero-order valence-corrected chi connectivity index (χ0v) is 14.9. The van der Waals surface area contributed by atoms with E-state index in [4.69, 9.17) is 4.74 Å². The van der Waals surface area contributed by atoms with Gasteiger partial charge in [-0.2, -0.15) is 0 Å². The molecule has 2 rings (SSSR count). The second-order valence-electron chi connectivity index (χ2n) is 5.67. The lowest BCUT2D eigenvalue weighted by molar-refractivity contribution is -0.122. The zero-order valence-electron chi connectivity index (χ0n) is 14.1. The number of benzene rings is 1. The second-order valence-corrected chi connectivity index (χ2v) is 6.67. The van der Waals surface area contributed by atoms with Crippen LogP contribution in [0.4, 0.5) is 0 Å². The van der Waals surface area contributed by atoms with Crippen molar-refractivity contribution in [3.63, 3.8) is 0 Å². The molecule has 23 heavy (non-hydrogen) atoms. The van der Waals surface area contributed by atoms with Crippen molar-refractivity contribution >= 4 is 17.2 Å². The Balaban J connectivity index is 1.85. The molecule has 2 aromatic rings. The van der Waals surface area contributed by atoms with Gasteiger partial charge in [0.05, 0.1) is 20.2 Å². The van der Waals surface area contributed by atoms with Gasteiger partial charge >= 0.3 is 0 Å². The number of amides is 1. The molecular formula is C18H24N2O2S. The lowest BCUT2D eigenvalue weighted by Gasteiger charge is -2.24. The summed E-state index contributed by atoms with van der Waals surface area (Å²) in [6.45, 7) is 5.14. The third kappa shape index (κ3) is 4.81. The van der Waals surface area contributed by atoms with Crippen LogP contribution in [0.2, 0.25) is 0 Å². The Morgan fingerprint density at radius 2 is 2.00 bits per heavy atom. The van der Waals surface area contributed by atoms with Gasteiger partial charge in [-0.25, -0.2) is 0 Å². The molecule has 5 heteroatoms. The number of likely N-dealkylation sites (N-methyl/N-ethyl adjacent to an activating group) is 1. The molecule has 0 aliphatic heterocycles. The highest BCUT2D eigenvalue weighted by molar-refractivity contribution is 7.10. The summed E-state index contributed by atoms with van der Waals surface area (Å²) in [4.78, 5) is 15.4. The topological polar surface area (TPSA) is 41.6 Å². The smallest absolute Gasteiger partial charge is 0.234 e. The molecule has 1 aromatic carbocycles. The second kappa shape index (κ2) is 8.13. The Labute approximate surface area is 142 Å². The summed E-state index contributed by atoms with van der Waals surface area (Å²) in [5, 5.41) is 5.04. The third-order valence-electron chi connectivity index (χ3n) is 4.07. The standard InChI is InChI=1S/C18H24N2O2S/c1-13-9-10-23-17(13)11-19-18(21)12-20(3)14(2)15-5-7-16(22-4)8-6-15/h5-10,14H,11-12H2,1-4H3,(H,19,21). The molecular weight excluding hydrogens is 308 g/mol. The van der Waals surface area contributed by atoms with E-state index in [0.29, 0.717) is 13.1 Å². The molecule has 1 heterocycles. The molecule has 1 amide bonds. The van der Waals surface area contributed by atoms with Crippen LogP contribution in [0.3, 0.4) is 0 Å². The highest BCUT2D eigenvalue weighted by atomic mass is 32.1. The van der Waals surface area contributed by atoms with Crippen molar-refractivity contribution in [1.82, 2.24) is 10.2 Å². The van der Waals surface area contributed by atoms with E-state index in [2.05, 4.69) is 30.6 Å². The van der Waals surface area contributed by atoms with Crippen molar-refractivity contribution in [3.05, 3.63) is 51.7 Å². The van der Waals surface area contributed by atoms with Gasteiger partial charge in [-0.15, -0.1) is 11.3 Å². The van der Waals surface area contributed by atoms with Gasteiger partial charge in [0.15, 0.2) is 0 Å². The molecule has 0 fully saturated rings. The van der Waals surface area contributed by atoms with Crippen LogP contribution in [-0.2, 0) is 11.3 Å². The van der Waals surface area contributed by atoms with Gasteiger partial charge in [0, 0.05) is 10.9 Å². The number of rotatable bonds is 7. The van der Waals surface area contributed by atoms with E-state index in [0.717, 1.165) is 11.3 Å². The molecule has 0 saturated carbocycles. The number of hydrogen-bond acceptors (Lipinski definition) is 4. The number of ether oxygens (including phenoxy) is 1. The predicted octanol–water partition coefficient (Wildman–Crippen LogP) is 3.37. The van der Waals surface area contributed by atoms with Gasteiger partial charge < -0.3 is 10.1 Å². The van der Waals surface area contributed by atoms with Crippen LogP contribution in [0.15, 0.2) is 35.7 Å². The predicted molar refractivity (Wildman–Crippen MR) is 94.9 cm³/mol. The maximum absolute atomic E-state index is 12.1. The highest BCUT2D eigenvalue weighted by Gasteiger charge is 2.15. The lowest BCUT2D eigenvalue weighted by atomic mass is 10.1. The minimum Gasteiger partial charge on any atom is -0.497 e. The maximum Gasteiger partial charge on any atom is 0.234 e. The molecule has 4 nitrogen and oxygen atoms in total. The lowest BCUT2D eigenvalue weighted by Crippen LogP contribution is -2.36. The molecule has 0 bridgehead atoms. The number of nitrogens with one attached hydrogen (secondary N) is 1. The van der Waals surface area contributed by atoms with E-state index in [1.807, 2.05) is 36.2 Å². The van der Waals surface area contributed by atoms with E-state index < -0.39 is 0 Å². The Hall–Kier alpha value is -1.85. The molecule has 124 valence electrons. The summed E-state index contributed by atoms with van der Waals surface area (Å²) in [5.41, 5.74) is 2.39. The van der Waals surface area contributed by atoms with Gasteiger partial charge in [0.2, 0.25) is 5.91 Å². The van der Waals surface area contributed by atoms with Gasteiger partial charge in [0.1, 0.15) is 5.75 Å². The van der Waals surface area contributed by atoms with E-state index in [-0.39, 0.29) is 11.9 Å². The quantitative estimate of drug-likeness (QED) is 0.845. The van der Waals surface area contributed by atoms with Crippen LogP contribution in [0.25, 0.3) is 0 Å². The SMILES string of the molecule is COc1ccc(C(C)N(C)CC(=O)NCc2sccc2C)cc1. The fourth-order valence-corrected chi connectivity index (χ4v) is 3.17. The monoisotopic (exact) mass is 332 g/mol. The fraction of sp³-hybridized carbons (Fsp3) is 0.389. The number of hydrogen-bond donors (Lipinski definition) is 1. The molecule has 0 spiro atoms. The first-order valence-electron chi connectivity index (χ1n) is 7.65. The molecule has 0 aliphatic carbocycles. The largest absolute Gasteiger partial charge is 0.497 e. The molecule has 0 saturated heterocycles. The third-order valence-corrected chi connectivity index (χ3v) is 5.09. The van der Waals surface area contributed by atoms with E-state index in [1.54, 1.807) is 18.4 Å². The van der Waals surface area contributed by atoms with Crippen molar-refractivity contribution < 1.29 is 9.53 Å². The Morgan fingerprint density at radius 3 is 2.57 bits per heavy atom. The summed E-state index contributed by atoms with van der Waals surface area (Å²) in [6.07, 6.45) is 0. The van der Waals surface area contributed by atoms with Gasteiger partial charge in [0.25, 0.3) is 0 Å². The maximum atomic E-state index is 12.1. The molecule has 1 N–H and O–H groups in total. The summed E-state index contributed by atoms with van der Waals surface area (Å²) >= 11 is 1.68. The van der Waals surface area contributed by atoms with Gasteiger partial charge in [-0.3, -0.25) is 9.69 Å². The van der Waals surface area contributed by atoms with E-state index in [1.165, 1.54) is 10.4 Å². The van der Waals surface area contributed by atoms with Gasteiger partial charge in [-0.05, 0) is 55.6 Å². The van der Waals surface area contributed by atoms with Crippen LogP contribution in [0.5, 0.6) is 5.75 Å². The number of carbonyl (C=O) groups excluding carboxylic acids is 1. The number of thiophene rings is 1. The van der Waals surface area contributed by atoms with Crippen LogP contribution in [-0.4, -0.2) is 31.5 Å². The van der Waals surface area contributed by atoms with E-state index >= 15 is 0 Å². The fourth-order valence-electron chi connectivity index (χ4n) is 2.32. The Morgan fingerprint density at radius 1 is 1.30 bits per heavy atom. The number of carbonyl (C=O) groups is 1. The van der Waals surface area contributed by atoms with E-state index in [9.17, 15) is 4.79 Å². The first-order valence-corrected chi connectivity index (χ1v) is 8.53. The van der Waals surface area contributed by atoms with Crippen molar-refractivity contribution in [2.45, 2.75) is 26.4 Å². The van der Waals surface area contributed by atoms with Crippen LogP contribution < -0.4 is 10.1 Å². The van der Waals surface area contributed by atoms with Crippen molar-refractivity contribution in [1.29, 1.82) is 0 Å². The average molecular weight is 332 g/mol. The minimum absolute atomic E-state index is 0.0423. The van der Waals surface area contributed by atoms with Crippen LogP contribution >= 0.6 is 11.3 Å². The highest BCUT2D eigenvalue weighted by Crippen LogP contribution is 2.21. The molecule has 1 atom stereocenters. The Kier molecular flexibility index (Phi) is 6.19. The normalized spacial score (nSPS) is 12.2. The van der Waals surface area contributed by atoms with Crippen molar-refractivity contribution in [2.75, 3.05) is 20.7 Å². The minimum atomic E-state index is 0.0423. The first kappa shape index (κ1) is 17.5. The molecule has 0 radical (unpaired) electrons. The molecule has 1 unspecified atom stereocenters.